The van der Waals surface area contributed by atoms with Crippen LogP contribution in [0.3, 0.4) is 0 Å². The van der Waals surface area contributed by atoms with Gasteiger partial charge in [-0.1, -0.05) is 72.8 Å². The number of benzene rings is 8. The summed E-state index contributed by atoms with van der Waals surface area (Å²) in [5, 5.41) is 8.96. The molecule has 0 amide bonds. The molecule has 0 aliphatic carbocycles. The minimum Gasteiger partial charge on any atom is -0.455 e. The van der Waals surface area contributed by atoms with Crippen molar-refractivity contribution in [3.8, 4) is 5.69 Å². The summed E-state index contributed by atoms with van der Waals surface area (Å²) >= 11 is 0. The van der Waals surface area contributed by atoms with Gasteiger partial charge in [-0.3, -0.25) is 0 Å². The summed E-state index contributed by atoms with van der Waals surface area (Å²) in [6.45, 7) is 0. The lowest BCUT2D eigenvalue weighted by Gasteiger charge is -2.25. The third-order valence-electron chi connectivity index (χ3n) is 10.2. The lowest BCUT2D eigenvalue weighted by atomic mass is 10.0. The number of para-hydroxylation sites is 4. The van der Waals surface area contributed by atoms with Crippen LogP contribution >= 0.6 is 0 Å². The van der Waals surface area contributed by atoms with Gasteiger partial charge in [-0.05, 0) is 91.0 Å². The van der Waals surface area contributed by atoms with Crippen LogP contribution in [0.25, 0.3) is 82.1 Å². The largest absolute Gasteiger partial charge is 0.455 e. The highest BCUT2D eigenvalue weighted by Gasteiger charge is 2.20. The van der Waals surface area contributed by atoms with Crippen molar-refractivity contribution in [2.75, 3.05) is 4.90 Å². The van der Waals surface area contributed by atoms with Gasteiger partial charge in [0.2, 0.25) is 0 Å². The van der Waals surface area contributed by atoms with Gasteiger partial charge in [-0.25, -0.2) is 0 Å². The van der Waals surface area contributed by atoms with Gasteiger partial charge in [0.1, 0.15) is 22.3 Å². The molecule has 0 atom stereocenters. The van der Waals surface area contributed by atoms with E-state index in [1.807, 2.05) is 12.1 Å². The van der Waals surface area contributed by atoms with E-state index in [0.29, 0.717) is 0 Å². The fraction of sp³-hybridized carbons (Fsp3) is 0. The Kier molecular flexibility index (Phi) is 5.63. The van der Waals surface area contributed by atoms with Gasteiger partial charge < -0.3 is 18.3 Å². The second kappa shape index (κ2) is 10.4. The Bertz CT molecular complexity index is 3100. The lowest BCUT2D eigenvalue weighted by molar-refractivity contribution is 0.669. The fourth-order valence-corrected chi connectivity index (χ4v) is 7.93. The van der Waals surface area contributed by atoms with Crippen LogP contribution in [-0.2, 0) is 0 Å². The average molecular weight is 641 g/mol. The zero-order chi connectivity index (χ0) is 32.8. The third kappa shape index (κ3) is 3.87. The summed E-state index contributed by atoms with van der Waals surface area (Å²) in [5.41, 5.74) is 10.2. The van der Waals surface area contributed by atoms with Crippen LogP contribution in [0.4, 0.5) is 17.1 Å². The second-order valence-corrected chi connectivity index (χ2v) is 12.9. The molecular formula is C46H28N2O2. The molecule has 0 fully saturated rings. The molecule has 50 heavy (non-hydrogen) atoms. The zero-order valence-electron chi connectivity index (χ0n) is 26.9. The van der Waals surface area contributed by atoms with Crippen molar-refractivity contribution in [1.82, 2.24) is 4.57 Å². The molecule has 0 unspecified atom stereocenters. The molecule has 4 heteroatoms. The van der Waals surface area contributed by atoms with Crippen LogP contribution < -0.4 is 4.90 Å². The number of fused-ring (bicyclic) bond motifs is 12. The van der Waals surface area contributed by atoms with E-state index in [2.05, 4.69) is 167 Å². The Balaban J connectivity index is 1.11. The van der Waals surface area contributed by atoms with Crippen LogP contribution in [-0.4, -0.2) is 4.57 Å². The Morgan fingerprint density at radius 1 is 0.340 bits per heavy atom. The molecule has 11 aromatic rings. The second-order valence-electron chi connectivity index (χ2n) is 12.9. The van der Waals surface area contributed by atoms with E-state index in [-0.39, 0.29) is 0 Å². The molecule has 0 spiro atoms. The first-order chi connectivity index (χ1) is 24.8. The highest BCUT2D eigenvalue weighted by molar-refractivity contribution is 6.22. The van der Waals surface area contributed by atoms with Gasteiger partial charge in [-0.2, -0.15) is 0 Å². The highest BCUT2D eigenvalue weighted by Crippen LogP contribution is 2.43. The standard InChI is InChI=1S/C46H28N2O2/c1-3-11-29(12-4-1)47(31-20-26-42-40(27-31)33-15-7-9-17-41(33)48(42)30-13-5-2-6-14-30)32-19-21-35-37-23-25-38-39(46(37)50-44(35)28-32)24-22-36-34-16-8-10-18-43(34)49-45(36)38/h1-28H. The summed E-state index contributed by atoms with van der Waals surface area (Å²) in [4.78, 5) is 2.32. The Labute approximate surface area is 286 Å². The molecule has 0 N–H and O–H groups in total. The number of hydrogen-bond donors (Lipinski definition) is 0. The number of hydrogen-bond acceptors (Lipinski definition) is 3. The topological polar surface area (TPSA) is 34.5 Å². The van der Waals surface area contributed by atoms with Crippen LogP contribution in [0.2, 0.25) is 0 Å². The molecule has 4 nitrogen and oxygen atoms in total. The van der Waals surface area contributed by atoms with Crippen LogP contribution in [0, 0.1) is 0 Å². The van der Waals surface area contributed by atoms with Crippen molar-refractivity contribution < 1.29 is 8.83 Å². The summed E-state index contributed by atoms with van der Waals surface area (Å²) in [7, 11) is 0. The quantitative estimate of drug-likeness (QED) is 0.192. The minimum absolute atomic E-state index is 0.845. The van der Waals surface area contributed by atoms with Gasteiger partial charge in [0.25, 0.3) is 0 Å². The average Bonchev–Trinajstić information content (AvgIpc) is 3.85. The SMILES string of the molecule is c1ccc(N(c2ccc3c(c2)oc2c3ccc3c2ccc2c4ccccc4oc23)c2ccc3c(c2)c2ccccc2n3-c2ccccc2)cc1. The highest BCUT2D eigenvalue weighted by atomic mass is 16.3. The van der Waals surface area contributed by atoms with E-state index in [1.165, 1.54) is 21.8 Å². The maximum Gasteiger partial charge on any atom is 0.143 e. The van der Waals surface area contributed by atoms with E-state index < -0.39 is 0 Å². The van der Waals surface area contributed by atoms with Gasteiger partial charge in [-0.15, -0.1) is 0 Å². The molecule has 11 rings (SSSR count). The predicted octanol–water partition coefficient (Wildman–Crippen LogP) is 13.2. The summed E-state index contributed by atoms with van der Waals surface area (Å²) in [5.74, 6) is 0. The molecule has 0 aliphatic rings. The number of aromatic nitrogens is 1. The van der Waals surface area contributed by atoms with Gasteiger partial charge in [0.15, 0.2) is 0 Å². The first-order valence-corrected chi connectivity index (χ1v) is 16.9. The summed E-state index contributed by atoms with van der Waals surface area (Å²) in [6.07, 6.45) is 0. The number of nitrogens with zero attached hydrogens (tertiary/aromatic N) is 2. The maximum absolute atomic E-state index is 6.76. The Hall–Kier alpha value is -6.78. The molecule has 8 aromatic carbocycles. The molecule has 0 saturated carbocycles. The first-order valence-electron chi connectivity index (χ1n) is 16.9. The molecule has 234 valence electrons. The molecule has 0 saturated heterocycles. The van der Waals surface area contributed by atoms with Crippen molar-refractivity contribution in [2.45, 2.75) is 0 Å². The van der Waals surface area contributed by atoms with E-state index in [0.717, 1.165) is 77.4 Å². The number of anilines is 3. The van der Waals surface area contributed by atoms with E-state index >= 15 is 0 Å². The van der Waals surface area contributed by atoms with Crippen molar-refractivity contribution in [2.24, 2.45) is 0 Å². The summed E-state index contributed by atoms with van der Waals surface area (Å²) < 4.78 is 15.5. The Morgan fingerprint density at radius 3 is 1.62 bits per heavy atom. The van der Waals surface area contributed by atoms with Gasteiger partial charge in [0.05, 0.1) is 11.0 Å². The van der Waals surface area contributed by atoms with Crippen LogP contribution in [0.5, 0.6) is 0 Å². The van der Waals surface area contributed by atoms with Gasteiger partial charge >= 0.3 is 0 Å². The molecule has 3 aromatic heterocycles. The molecule has 3 heterocycles. The lowest BCUT2D eigenvalue weighted by Crippen LogP contribution is -2.09. The maximum atomic E-state index is 6.76. The van der Waals surface area contributed by atoms with E-state index in [9.17, 15) is 0 Å². The minimum atomic E-state index is 0.845. The van der Waals surface area contributed by atoms with Crippen molar-refractivity contribution in [3.63, 3.8) is 0 Å². The number of furan rings is 2. The zero-order valence-corrected chi connectivity index (χ0v) is 26.9. The summed E-state index contributed by atoms with van der Waals surface area (Å²) in [6, 6.07) is 60.0. The monoisotopic (exact) mass is 640 g/mol. The van der Waals surface area contributed by atoms with E-state index in [4.69, 9.17) is 8.83 Å². The van der Waals surface area contributed by atoms with Crippen molar-refractivity contribution >= 4 is 93.5 Å². The molecular weight excluding hydrogens is 613 g/mol. The smallest absolute Gasteiger partial charge is 0.143 e. The third-order valence-corrected chi connectivity index (χ3v) is 10.2. The van der Waals surface area contributed by atoms with Crippen molar-refractivity contribution in [3.05, 3.63) is 170 Å². The van der Waals surface area contributed by atoms with Crippen molar-refractivity contribution in [1.29, 1.82) is 0 Å². The molecule has 0 aliphatic heterocycles. The molecule has 0 radical (unpaired) electrons. The fourth-order valence-electron chi connectivity index (χ4n) is 7.93. The first kappa shape index (κ1) is 27.2. The van der Waals surface area contributed by atoms with Gasteiger partial charge in [0, 0.05) is 71.9 Å². The normalized spacial score (nSPS) is 12.0. The van der Waals surface area contributed by atoms with Crippen LogP contribution in [0.1, 0.15) is 0 Å². The molecule has 0 bridgehead atoms. The van der Waals surface area contributed by atoms with E-state index in [1.54, 1.807) is 0 Å². The number of rotatable bonds is 4. The predicted molar refractivity (Wildman–Crippen MR) is 208 cm³/mol. The Morgan fingerprint density at radius 2 is 0.860 bits per heavy atom. The van der Waals surface area contributed by atoms with Crippen LogP contribution in [0.15, 0.2) is 179 Å².